The van der Waals surface area contributed by atoms with Crippen molar-refractivity contribution in [3.05, 3.63) is 65.0 Å². The molecule has 2 heterocycles. The Morgan fingerprint density at radius 1 is 1.14 bits per heavy atom. The van der Waals surface area contributed by atoms with Crippen LogP contribution in [0.2, 0.25) is 0 Å². The van der Waals surface area contributed by atoms with Crippen LogP contribution in [0.4, 0.5) is 0 Å². The molecule has 0 bridgehead atoms. The van der Waals surface area contributed by atoms with E-state index < -0.39 is 5.97 Å². The Kier molecular flexibility index (Phi) is 3.39. The number of rotatable bonds is 3. The van der Waals surface area contributed by atoms with Crippen LogP contribution in [-0.4, -0.2) is 26.9 Å². The second kappa shape index (κ2) is 5.36. The number of fused-ring (bicyclic) bond motifs is 1. The average Bonchev–Trinajstić information content (AvgIpc) is 2.91. The molecule has 5 nitrogen and oxygen atoms in total. The molecule has 5 heteroatoms. The van der Waals surface area contributed by atoms with E-state index in [-0.39, 0.29) is 17.9 Å². The van der Waals surface area contributed by atoms with Gasteiger partial charge in [0.1, 0.15) is 0 Å². The second-order valence-electron chi connectivity index (χ2n) is 5.04. The van der Waals surface area contributed by atoms with Crippen molar-refractivity contribution in [2.24, 2.45) is 0 Å². The maximum atomic E-state index is 12.3. The van der Waals surface area contributed by atoms with Crippen molar-refractivity contribution < 1.29 is 14.7 Å². The molecule has 1 aromatic heterocycles. The highest BCUT2D eigenvalue weighted by Crippen LogP contribution is 2.24. The minimum Gasteiger partial charge on any atom is -0.478 e. The Morgan fingerprint density at radius 2 is 1.95 bits per heavy atom. The molecule has 1 aromatic carbocycles. The Hall–Kier alpha value is -2.69. The quantitative estimate of drug-likeness (QED) is 0.933. The van der Waals surface area contributed by atoms with E-state index >= 15 is 0 Å². The van der Waals surface area contributed by atoms with Crippen LogP contribution in [-0.2, 0) is 24.3 Å². The molecule has 0 saturated carbocycles. The number of amides is 1. The van der Waals surface area contributed by atoms with E-state index in [1.54, 1.807) is 29.3 Å². The number of carbonyl (C=O) groups is 2. The van der Waals surface area contributed by atoms with Crippen molar-refractivity contribution >= 4 is 11.9 Å². The lowest BCUT2D eigenvalue weighted by atomic mass is 10.1. The van der Waals surface area contributed by atoms with Gasteiger partial charge >= 0.3 is 5.97 Å². The van der Waals surface area contributed by atoms with Crippen LogP contribution >= 0.6 is 0 Å². The van der Waals surface area contributed by atoms with Crippen LogP contribution < -0.4 is 0 Å². The Bertz CT molecular complexity index is 698. The predicted octanol–water partition coefficient (Wildman–Crippen LogP) is 1.86. The van der Waals surface area contributed by atoms with Gasteiger partial charge in [0.15, 0.2) is 0 Å². The first-order chi connectivity index (χ1) is 10.1. The zero-order valence-electron chi connectivity index (χ0n) is 11.3. The van der Waals surface area contributed by atoms with Crippen LogP contribution in [0.15, 0.2) is 42.6 Å². The third kappa shape index (κ3) is 2.76. The number of benzene rings is 1. The number of carboxylic acid groups (broad SMARTS) is 1. The molecule has 0 atom stereocenters. The molecule has 0 unspecified atom stereocenters. The van der Waals surface area contributed by atoms with Crippen molar-refractivity contribution in [2.75, 3.05) is 0 Å². The SMILES string of the molecule is O=C(O)c1ccc2c(c1)CN(C(=O)Cc1ccccn1)C2. The van der Waals surface area contributed by atoms with Crippen molar-refractivity contribution in [3.8, 4) is 0 Å². The van der Waals surface area contributed by atoms with Gasteiger partial charge in [0.05, 0.1) is 12.0 Å². The van der Waals surface area contributed by atoms with Crippen LogP contribution in [0, 0.1) is 0 Å². The Balaban J connectivity index is 1.72. The summed E-state index contributed by atoms with van der Waals surface area (Å²) in [5.41, 5.74) is 2.91. The smallest absolute Gasteiger partial charge is 0.335 e. The number of nitrogens with zero attached hydrogens (tertiary/aromatic N) is 2. The number of hydrogen-bond acceptors (Lipinski definition) is 3. The van der Waals surface area contributed by atoms with Gasteiger partial charge in [0.2, 0.25) is 5.91 Å². The summed E-state index contributed by atoms with van der Waals surface area (Å²) >= 11 is 0. The van der Waals surface area contributed by atoms with E-state index in [9.17, 15) is 9.59 Å². The van der Waals surface area contributed by atoms with Gasteiger partial charge in [-0.15, -0.1) is 0 Å². The third-order valence-corrected chi connectivity index (χ3v) is 3.59. The molecule has 2 aromatic rings. The Labute approximate surface area is 121 Å². The number of carboxylic acids is 1. The molecule has 0 spiro atoms. The van der Waals surface area contributed by atoms with Gasteiger partial charge in [0.25, 0.3) is 0 Å². The second-order valence-corrected chi connectivity index (χ2v) is 5.04. The topological polar surface area (TPSA) is 70.5 Å². The van der Waals surface area contributed by atoms with E-state index in [2.05, 4.69) is 4.98 Å². The maximum absolute atomic E-state index is 12.3. The first-order valence-corrected chi connectivity index (χ1v) is 6.66. The summed E-state index contributed by atoms with van der Waals surface area (Å²) in [6.07, 6.45) is 1.93. The van der Waals surface area contributed by atoms with Crippen LogP contribution in [0.3, 0.4) is 0 Å². The summed E-state index contributed by atoms with van der Waals surface area (Å²) < 4.78 is 0. The van der Waals surface area contributed by atoms with Crippen LogP contribution in [0.1, 0.15) is 27.2 Å². The fraction of sp³-hybridized carbons (Fsp3) is 0.188. The maximum Gasteiger partial charge on any atom is 0.335 e. The molecule has 1 aliphatic rings. The monoisotopic (exact) mass is 282 g/mol. The summed E-state index contributed by atoms with van der Waals surface area (Å²) in [4.78, 5) is 29.1. The van der Waals surface area contributed by atoms with Crippen molar-refractivity contribution in [3.63, 3.8) is 0 Å². The van der Waals surface area contributed by atoms with Gasteiger partial charge < -0.3 is 10.0 Å². The summed E-state index contributed by atoms with van der Waals surface area (Å²) in [5.74, 6) is -0.946. The summed E-state index contributed by atoms with van der Waals surface area (Å²) in [7, 11) is 0. The minimum atomic E-state index is -0.948. The minimum absolute atomic E-state index is 0.00164. The number of carbonyl (C=O) groups excluding carboxylic acids is 1. The van der Waals surface area contributed by atoms with E-state index in [0.29, 0.717) is 13.1 Å². The van der Waals surface area contributed by atoms with E-state index in [1.807, 2.05) is 18.2 Å². The van der Waals surface area contributed by atoms with E-state index in [1.165, 1.54) is 0 Å². The van der Waals surface area contributed by atoms with Gasteiger partial charge in [-0.05, 0) is 35.4 Å². The highest BCUT2D eigenvalue weighted by Gasteiger charge is 2.24. The standard InChI is InChI=1S/C16H14N2O3/c19-15(8-14-3-1-2-6-17-14)18-9-12-5-4-11(16(20)21)7-13(12)10-18/h1-7H,8-10H2,(H,20,21). The molecule has 106 valence electrons. The van der Waals surface area contributed by atoms with Gasteiger partial charge in [-0.2, -0.15) is 0 Å². The fourth-order valence-electron chi connectivity index (χ4n) is 2.47. The average molecular weight is 282 g/mol. The summed E-state index contributed by atoms with van der Waals surface area (Å²) in [6, 6.07) is 10.5. The molecule has 1 N–H and O–H groups in total. The first-order valence-electron chi connectivity index (χ1n) is 6.66. The number of hydrogen-bond donors (Lipinski definition) is 1. The number of aromatic carboxylic acids is 1. The highest BCUT2D eigenvalue weighted by molar-refractivity contribution is 5.88. The lowest BCUT2D eigenvalue weighted by molar-refractivity contribution is -0.131. The van der Waals surface area contributed by atoms with Gasteiger partial charge in [-0.1, -0.05) is 12.1 Å². The molecular weight excluding hydrogens is 268 g/mol. The molecule has 0 radical (unpaired) electrons. The van der Waals surface area contributed by atoms with Gasteiger partial charge in [-0.25, -0.2) is 4.79 Å². The zero-order chi connectivity index (χ0) is 14.8. The normalized spacial score (nSPS) is 13.0. The largest absolute Gasteiger partial charge is 0.478 e. The Morgan fingerprint density at radius 3 is 2.67 bits per heavy atom. The highest BCUT2D eigenvalue weighted by atomic mass is 16.4. The van der Waals surface area contributed by atoms with Crippen LogP contribution in [0.5, 0.6) is 0 Å². The molecule has 1 amide bonds. The number of pyridine rings is 1. The summed E-state index contributed by atoms with van der Waals surface area (Å²) in [6.45, 7) is 0.989. The molecule has 0 fully saturated rings. The molecular formula is C16H14N2O3. The first kappa shape index (κ1) is 13.3. The van der Waals surface area contributed by atoms with E-state index in [4.69, 9.17) is 5.11 Å². The lowest BCUT2D eigenvalue weighted by Crippen LogP contribution is -2.27. The predicted molar refractivity (Wildman–Crippen MR) is 75.6 cm³/mol. The van der Waals surface area contributed by atoms with Gasteiger partial charge in [0, 0.05) is 25.0 Å². The van der Waals surface area contributed by atoms with Gasteiger partial charge in [-0.3, -0.25) is 9.78 Å². The third-order valence-electron chi connectivity index (χ3n) is 3.59. The van der Waals surface area contributed by atoms with Crippen LogP contribution in [0.25, 0.3) is 0 Å². The lowest BCUT2D eigenvalue weighted by Gasteiger charge is -2.14. The fourth-order valence-corrected chi connectivity index (χ4v) is 2.47. The number of aromatic nitrogens is 1. The van der Waals surface area contributed by atoms with Crippen molar-refractivity contribution in [1.82, 2.24) is 9.88 Å². The zero-order valence-corrected chi connectivity index (χ0v) is 11.3. The molecule has 21 heavy (non-hydrogen) atoms. The molecule has 3 rings (SSSR count). The van der Waals surface area contributed by atoms with Crippen molar-refractivity contribution in [2.45, 2.75) is 19.5 Å². The van der Waals surface area contributed by atoms with Crippen molar-refractivity contribution in [1.29, 1.82) is 0 Å². The summed E-state index contributed by atoms with van der Waals surface area (Å²) in [5, 5.41) is 9.00. The molecule has 0 saturated heterocycles. The van der Waals surface area contributed by atoms with E-state index in [0.717, 1.165) is 16.8 Å². The molecule has 1 aliphatic heterocycles. The molecule has 0 aliphatic carbocycles.